The van der Waals surface area contributed by atoms with E-state index >= 15 is 0 Å². The Morgan fingerprint density at radius 1 is 0.738 bits per heavy atom. The largest absolute Gasteiger partial charge is 0.493 e. The van der Waals surface area contributed by atoms with Crippen LogP contribution in [0.4, 0.5) is 5.69 Å². The number of fused-ring (bicyclic) bond motifs is 1. The number of furan rings is 1. The molecule has 7 heteroatoms. The number of ether oxygens (including phenoxy) is 2. The van der Waals surface area contributed by atoms with Gasteiger partial charge >= 0.3 is 0 Å². The number of carbonyl (C=O) groups is 2. The second kappa shape index (κ2) is 11.7. The first kappa shape index (κ1) is 26.9. The number of amides is 2. The summed E-state index contributed by atoms with van der Waals surface area (Å²) in [6.45, 7) is 1.05. The molecule has 0 saturated heterocycles. The topological polar surface area (TPSA) is 81.0 Å². The summed E-state index contributed by atoms with van der Waals surface area (Å²) >= 11 is 0. The minimum absolute atomic E-state index is 0.163. The second-order valence-corrected chi connectivity index (χ2v) is 10.1. The molecular weight excluding hydrogens is 528 g/mol. The maximum atomic E-state index is 13.3. The van der Waals surface area contributed by atoms with Gasteiger partial charge in [0.25, 0.3) is 11.8 Å². The van der Waals surface area contributed by atoms with Crippen molar-refractivity contribution in [3.05, 3.63) is 126 Å². The first-order valence-corrected chi connectivity index (χ1v) is 13.7. The fourth-order valence-corrected chi connectivity index (χ4v) is 5.19. The molecule has 2 amide bonds. The Hall–Kier alpha value is -5.30. The lowest BCUT2D eigenvalue weighted by molar-refractivity contribution is 0.0703. The summed E-state index contributed by atoms with van der Waals surface area (Å²) in [7, 11) is 3.22. The molecule has 0 saturated carbocycles. The van der Waals surface area contributed by atoms with Gasteiger partial charge in [-0.05, 0) is 89.3 Å². The van der Waals surface area contributed by atoms with Gasteiger partial charge in [0.15, 0.2) is 17.3 Å². The van der Waals surface area contributed by atoms with Crippen LogP contribution in [0, 0.1) is 0 Å². The van der Waals surface area contributed by atoms with E-state index in [1.807, 2.05) is 91.0 Å². The molecular formula is C35H30N2O5. The number of nitrogens with zero attached hydrogens (tertiary/aromatic N) is 1. The summed E-state index contributed by atoms with van der Waals surface area (Å²) in [5, 5.41) is 2.94. The van der Waals surface area contributed by atoms with Crippen LogP contribution < -0.4 is 14.8 Å². The van der Waals surface area contributed by atoms with E-state index in [4.69, 9.17) is 13.9 Å². The van der Waals surface area contributed by atoms with Gasteiger partial charge in [-0.2, -0.15) is 0 Å². The van der Waals surface area contributed by atoms with E-state index in [0.29, 0.717) is 41.6 Å². The Kier molecular flexibility index (Phi) is 7.47. The number of methoxy groups -OCH3 is 2. The highest BCUT2D eigenvalue weighted by molar-refractivity contribution is 6.04. The van der Waals surface area contributed by atoms with E-state index in [9.17, 15) is 9.59 Å². The lowest BCUT2D eigenvalue weighted by atomic mass is 9.98. The van der Waals surface area contributed by atoms with Crippen molar-refractivity contribution in [2.24, 2.45) is 0 Å². The van der Waals surface area contributed by atoms with Gasteiger partial charge in [0.2, 0.25) is 0 Å². The number of carbonyl (C=O) groups excluding carboxylic acids is 2. The van der Waals surface area contributed by atoms with Crippen LogP contribution in [0.5, 0.6) is 11.5 Å². The highest BCUT2D eigenvalue weighted by Crippen LogP contribution is 2.34. The molecule has 4 aromatic carbocycles. The third-order valence-electron chi connectivity index (χ3n) is 7.50. The van der Waals surface area contributed by atoms with Crippen LogP contribution in [-0.2, 0) is 13.0 Å². The number of anilines is 1. The smallest absolute Gasteiger partial charge is 0.289 e. The Morgan fingerprint density at radius 3 is 2.07 bits per heavy atom. The number of hydrogen-bond acceptors (Lipinski definition) is 5. The van der Waals surface area contributed by atoms with Crippen molar-refractivity contribution in [1.82, 2.24) is 4.90 Å². The molecule has 5 aromatic rings. The SMILES string of the molecule is COc1cc2c(cc1OC)CN(C(=O)c1ccc(-c3ccc(NC(=O)c4ccc(-c5ccccc5)cc4)cc3)o1)CC2. The molecule has 1 aromatic heterocycles. The zero-order valence-corrected chi connectivity index (χ0v) is 23.4. The molecule has 1 aliphatic rings. The van der Waals surface area contributed by atoms with Crippen LogP contribution in [0.2, 0.25) is 0 Å². The summed E-state index contributed by atoms with van der Waals surface area (Å²) in [4.78, 5) is 27.9. The molecule has 0 atom stereocenters. The van der Waals surface area contributed by atoms with E-state index in [0.717, 1.165) is 34.2 Å². The third kappa shape index (κ3) is 5.49. The molecule has 0 spiro atoms. The van der Waals surface area contributed by atoms with Crippen molar-refractivity contribution in [2.75, 3.05) is 26.1 Å². The van der Waals surface area contributed by atoms with Crippen LogP contribution in [0.3, 0.4) is 0 Å². The summed E-state index contributed by atoms with van der Waals surface area (Å²) in [6, 6.07) is 32.3. The monoisotopic (exact) mass is 558 g/mol. The van der Waals surface area contributed by atoms with Gasteiger partial charge in [0.1, 0.15) is 5.76 Å². The molecule has 0 radical (unpaired) electrons. The van der Waals surface area contributed by atoms with Crippen molar-refractivity contribution in [3.8, 4) is 33.9 Å². The van der Waals surface area contributed by atoms with Gasteiger partial charge in [-0.15, -0.1) is 0 Å². The molecule has 0 bridgehead atoms. The molecule has 0 fully saturated rings. The zero-order valence-electron chi connectivity index (χ0n) is 23.4. The summed E-state index contributed by atoms with van der Waals surface area (Å²) in [6.07, 6.45) is 0.722. The average Bonchev–Trinajstić information content (AvgIpc) is 3.54. The summed E-state index contributed by atoms with van der Waals surface area (Å²) < 4.78 is 16.8. The predicted molar refractivity (Wildman–Crippen MR) is 162 cm³/mol. The summed E-state index contributed by atoms with van der Waals surface area (Å²) in [5.41, 5.74) is 6.38. The maximum Gasteiger partial charge on any atom is 0.289 e. The van der Waals surface area contributed by atoms with Gasteiger partial charge in [-0.3, -0.25) is 9.59 Å². The lowest BCUT2D eigenvalue weighted by Gasteiger charge is -2.29. The molecule has 0 unspecified atom stereocenters. The highest BCUT2D eigenvalue weighted by Gasteiger charge is 2.26. The molecule has 210 valence electrons. The van der Waals surface area contributed by atoms with Gasteiger partial charge in [0, 0.05) is 29.9 Å². The zero-order chi connectivity index (χ0) is 29.1. The van der Waals surface area contributed by atoms with E-state index in [2.05, 4.69) is 5.32 Å². The third-order valence-corrected chi connectivity index (χ3v) is 7.50. The van der Waals surface area contributed by atoms with E-state index in [1.54, 1.807) is 31.3 Å². The number of benzene rings is 4. The average molecular weight is 559 g/mol. The lowest BCUT2D eigenvalue weighted by Crippen LogP contribution is -2.35. The van der Waals surface area contributed by atoms with E-state index in [-0.39, 0.29) is 17.6 Å². The quantitative estimate of drug-likeness (QED) is 0.231. The standard InChI is InChI=1S/C35H30N2O5/c1-40-32-20-27-18-19-37(22-28(27)21-33(32)41-2)35(39)31-17-16-30(42-31)25-12-14-29(15-13-25)36-34(38)26-10-8-24(9-11-26)23-6-4-3-5-7-23/h3-17,20-21H,18-19,22H2,1-2H3,(H,36,38). The number of hydrogen-bond donors (Lipinski definition) is 1. The molecule has 1 aliphatic heterocycles. The van der Waals surface area contributed by atoms with E-state index in [1.165, 1.54) is 0 Å². The van der Waals surface area contributed by atoms with E-state index < -0.39 is 0 Å². The van der Waals surface area contributed by atoms with Crippen molar-refractivity contribution < 1.29 is 23.5 Å². The molecule has 6 rings (SSSR count). The normalized spacial score (nSPS) is 12.4. The minimum Gasteiger partial charge on any atom is -0.493 e. The highest BCUT2D eigenvalue weighted by atomic mass is 16.5. The maximum absolute atomic E-state index is 13.3. The Morgan fingerprint density at radius 2 is 1.38 bits per heavy atom. The Bertz CT molecular complexity index is 1720. The second-order valence-electron chi connectivity index (χ2n) is 10.1. The van der Waals surface area contributed by atoms with Crippen LogP contribution in [0.1, 0.15) is 32.0 Å². The van der Waals surface area contributed by atoms with Crippen LogP contribution in [0.15, 0.2) is 108 Å². The van der Waals surface area contributed by atoms with Crippen LogP contribution >= 0.6 is 0 Å². The number of nitrogens with one attached hydrogen (secondary N) is 1. The van der Waals surface area contributed by atoms with Gasteiger partial charge in [-0.25, -0.2) is 0 Å². The van der Waals surface area contributed by atoms with Gasteiger partial charge in [-0.1, -0.05) is 42.5 Å². The first-order chi connectivity index (χ1) is 20.5. The van der Waals surface area contributed by atoms with Crippen molar-refractivity contribution in [2.45, 2.75) is 13.0 Å². The predicted octanol–water partition coefficient (Wildman–Crippen LogP) is 7.08. The van der Waals surface area contributed by atoms with Gasteiger partial charge in [0.05, 0.1) is 14.2 Å². The molecule has 0 aliphatic carbocycles. The van der Waals surface area contributed by atoms with Crippen molar-refractivity contribution in [1.29, 1.82) is 0 Å². The van der Waals surface area contributed by atoms with Crippen molar-refractivity contribution in [3.63, 3.8) is 0 Å². The molecule has 1 N–H and O–H groups in total. The Labute approximate surface area is 244 Å². The molecule has 42 heavy (non-hydrogen) atoms. The molecule has 7 nitrogen and oxygen atoms in total. The first-order valence-electron chi connectivity index (χ1n) is 13.7. The van der Waals surface area contributed by atoms with Crippen LogP contribution in [-0.4, -0.2) is 37.5 Å². The van der Waals surface area contributed by atoms with Crippen molar-refractivity contribution >= 4 is 17.5 Å². The Balaban J connectivity index is 1.09. The minimum atomic E-state index is -0.188. The fourth-order valence-electron chi connectivity index (χ4n) is 5.19. The van der Waals surface area contributed by atoms with Crippen LogP contribution in [0.25, 0.3) is 22.5 Å². The number of rotatable bonds is 7. The summed E-state index contributed by atoms with van der Waals surface area (Å²) in [5.74, 6) is 1.85. The van der Waals surface area contributed by atoms with Gasteiger partial charge < -0.3 is 24.1 Å². The fraction of sp³-hybridized carbons (Fsp3) is 0.143. The molecule has 2 heterocycles.